The van der Waals surface area contributed by atoms with Crippen LogP contribution in [-0.2, 0) is 33.6 Å². The van der Waals surface area contributed by atoms with Crippen molar-refractivity contribution in [3.63, 3.8) is 0 Å². The molecule has 0 radical (unpaired) electrons. The molecule has 2 aliphatic heterocycles. The van der Waals surface area contributed by atoms with E-state index in [-0.39, 0.29) is 6.42 Å². The molecule has 168 valence electrons. The maximum Gasteiger partial charge on any atom is 0.397 e. The number of hydrogen-bond donors (Lipinski definition) is 7. The molecule has 15 heteroatoms. The summed E-state index contributed by atoms with van der Waals surface area (Å²) < 4.78 is 46.5. The lowest BCUT2D eigenvalue weighted by Gasteiger charge is -2.44. The van der Waals surface area contributed by atoms with Crippen molar-refractivity contribution >= 4 is 22.3 Å². The molecular formula is C14H24N2O12S. The standard InChI is InChI=1S/C14H24N2O12S/c1-5(19)15-10-11(20)12(28-29(23,24)25)9(4-18)27-14(10)26-8-2-6(13(21)22)16-7(8)3-17/h6-12,14,16-18,20H,2-4H2,1H3,(H,15,19)(H,21,22)(H,23,24,25)/t6-,7+,8-,9?,10?,11?,12?,14+/m0/s1. The molecule has 0 aromatic rings. The monoisotopic (exact) mass is 444 g/mol. The Hall–Kier alpha value is -1.43. The van der Waals surface area contributed by atoms with Gasteiger partial charge in [0.25, 0.3) is 0 Å². The summed E-state index contributed by atoms with van der Waals surface area (Å²) in [6.45, 7) is -0.213. The lowest BCUT2D eigenvalue weighted by Crippen LogP contribution is -2.66. The van der Waals surface area contributed by atoms with Crippen molar-refractivity contribution in [3.05, 3.63) is 0 Å². The van der Waals surface area contributed by atoms with E-state index in [2.05, 4.69) is 14.8 Å². The predicted octanol–water partition coefficient (Wildman–Crippen LogP) is -4.05. The van der Waals surface area contributed by atoms with E-state index in [0.717, 1.165) is 6.92 Å². The third kappa shape index (κ3) is 6.03. The maximum absolute atomic E-state index is 11.5. The van der Waals surface area contributed by atoms with E-state index in [1.165, 1.54) is 0 Å². The quantitative estimate of drug-likeness (QED) is 0.177. The van der Waals surface area contributed by atoms with Gasteiger partial charge in [0.2, 0.25) is 5.91 Å². The van der Waals surface area contributed by atoms with Crippen molar-refractivity contribution < 1.29 is 56.6 Å². The Labute approximate surface area is 165 Å². The van der Waals surface area contributed by atoms with E-state index < -0.39 is 84.3 Å². The van der Waals surface area contributed by atoms with Crippen LogP contribution in [0.4, 0.5) is 0 Å². The van der Waals surface area contributed by atoms with Gasteiger partial charge in [-0.15, -0.1) is 0 Å². The molecule has 0 aliphatic carbocycles. The van der Waals surface area contributed by atoms with Gasteiger partial charge in [-0.25, -0.2) is 4.18 Å². The minimum Gasteiger partial charge on any atom is -0.480 e. The molecule has 8 atom stereocenters. The lowest BCUT2D eigenvalue weighted by molar-refractivity contribution is -0.279. The topological polar surface area (TPSA) is 221 Å². The van der Waals surface area contributed by atoms with Gasteiger partial charge in [-0.1, -0.05) is 0 Å². The third-order valence-electron chi connectivity index (χ3n) is 4.59. The van der Waals surface area contributed by atoms with Crippen LogP contribution >= 0.6 is 0 Å². The largest absolute Gasteiger partial charge is 0.480 e. The highest BCUT2D eigenvalue weighted by atomic mass is 32.3. The molecule has 0 saturated carbocycles. The van der Waals surface area contributed by atoms with Gasteiger partial charge in [-0.3, -0.25) is 19.5 Å². The Morgan fingerprint density at radius 3 is 2.41 bits per heavy atom. The first-order valence-electron chi connectivity index (χ1n) is 8.59. The van der Waals surface area contributed by atoms with Crippen molar-refractivity contribution in [1.29, 1.82) is 0 Å². The molecule has 7 N–H and O–H groups in total. The Kier molecular flexibility index (Phi) is 7.88. The Morgan fingerprint density at radius 2 is 1.93 bits per heavy atom. The first-order valence-corrected chi connectivity index (χ1v) is 9.95. The third-order valence-corrected chi connectivity index (χ3v) is 5.06. The number of aliphatic carboxylic acids is 1. The van der Waals surface area contributed by atoms with Crippen LogP contribution in [0.5, 0.6) is 0 Å². The number of aliphatic hydroxyl groups is 3. The molecule has 2 saturated heterocycles. The van der Waals surface area contributed by atoms with Crippen LogP contribution in [0, 0.1) is 0 Å². The van der Waals surface area contributed by atoms with Gasteiger partial charge >= 0.3 is 16.4 Å². The molecule has 4 unspecified atom stereocenters. The molecule has 1 amide bonds. The van der Waals surface area contributed by atoms with Gasteiger partial charge in [0.05, 0.1) is 25.4 Å². The van der Waals surface area contributed by atoms with Crippen molar-refractivity contribution in [2.75, 3.05) is 13.2 Å². The number of aliphatic hydroxyl groups excluding tert-OH is 3. The molecule has 2 aliphatic rings. The van der Waals surface area contributed by atoms with Gasteiger partial charge in [0.1, 0.15) is 30.4 Å². The fourth-order valence-electron chi connectivity index (χ4n) is 3.33. The zero-order valence-corrected chi connectivity index (χ0v) is 16.1. The summed E-state index contributed by atoms with van der Waals surface area (Å²) >= 11 is 0. The Bertz CT molecular complexity index is 703. The van der Waals surface area contributed by atoms with Crippen LogP contribution in [-0.4, -0.2) is 107 Å². The minimum absolute atomic E-state index is 0.0714. The van der Waals surface area contributed by atoms with Crippen LogP contribution < -0.4 is 10.6 Å². The smallest absolute Gasteiger partial charge is 0.397 e. The zero-order valence-electron chi connectivity index (χ0n) is 15.2. The van der Waals surface area contributed by atoms with Crippen LogP contribution in [0.25, 0.3) is 0 Å². The van der Waals surface area contributed by atoms with Gasteiger partial charge in [0.15, 0.2) is 6.29 Å². The minimum atomic E-state index is -5.03. The highest BCUT2D eigenvalue weighted by Crippen LogP contribution is 2.29. The number of carboxylic acids is 1. The maximum atomic E-state index is 11.5. The summed E-state index contributed by atoms with van der Waals surface area (Å²) in [5.74, 6) is -1.82. The van der Waals surface area contributed by atoms with Crippen molar-refractivity contribution in [2.24, 2.45) is 0 Å². The first kappa shape index (κ1) is 23.8. The number of rotatable bonds is 8. The zero-order chi connectivity index (χ0) is 21.9. The normalized spacial score (nSPS) is 38.0. The number of carboxylic acid groups (broad SMARTS) is 1. The van der Waals surface area contributed by atoms with Crippen molar-refractivity contribution in [2.45, 2.75) is 62.2 Å². The van der Waals surface area contributed by atoms with Crippen LogP contribution in [0.2, 0.25) is 0 Å². The van der Waals surface area contributed by atoms with E-state index in [0.29, 0.717) is 0 Å². The summed E-state index contributed by atoms with van der Waals surface area (Å²) in [7, 11) is -5.03. The first-order chi connectivity index (χ1) is 13.5. The molecule has 14 nitrogen and oxygen atoms in total. The van der Waals surface area contributed by atoms with Gasteiger partial charge in [-0.05, 0) is 0 Å². The van der Waals surface area contributed by atoms with E-state index in [4.69, 9.17) is 19.1 Å². The second-order valence-electron chi connectivity index (χ2n) is 6.69. The highest BCUT2D eigenvalue weighted by Gasteiger charge is 2.50. The second-order valence-corrected chi connectivity index (χ2v) is 7.74. The summed E-state index contributed by atoms with van der Waals surface area (Å²) in [5, 5.41) is 43.5. The predicted molar refractivity (Wildman–Crippen MR) is 90.7 cm³/mol. The number of carbonyl (C=O) groups excluding carboxylic acids is 1. The number of ether oxygens (including phenoxy) is 2. The fourth-order valence-corrected chi connectivity index (χ4v) is 3.84. The van der Waals surface area contributed by atoms with Gasteiger partial charge in [-0.2, -0.15) is 8.42 Å². The summed E-state index contributed by atoms with van der Waals surface area (Å²) in [5.41, 5.74) is 0. The van der Waals surface area contributed by atoms with Crippen molar-refractivity contribution in [3.8, 4) is 0 Å². The van der Waals surface area contributed by atoms with Crippen LogP contribution in [0.1, 0.15) is 13.3 Å². The van der Waals surface area contributed by atoms with E-state index >= 15 is 0 Å². The van der Waals surface area contributed by atoms with E-state index in [1.54, 1.807) is 0 Å². The number of nitrogens with one attached hydrogen (secondary N) is 2. The average Bonchev–Trinajstić information content (AvgIpc) is 3.02. The molecule has 29 heavy (non-hydrogen) atoms. The van der Waals surface area contributed by atoms with Crippen LogP contribution in [0.3, 0.4) is 0 Å². The summed E-state index contributed by atoms with van der Waals surface area (Å²) in [6, 6.07) is -3.21. The SMILES string of the molecule is CC(=O)NC1C(O)C(OS(=O)(=O)O)C(CO)O[C@H]1O[C@H]1C[C@@H](C(=O)O)N[C@@H]1CO. The fraction of sp³-hybridized carbons (Fsp3) is 0.857. The molecule has 2 rings (SSSR count). The highest BCUT2D eigenvalue weighted by molar-refractivity contribution is 7.80. The second kappa shape index (κ2) is 9.59. The molecule has 2 heterocycles. The average molecular weight is 444 g/mol. The van der Waals surface area contributed by atoms with Crippen molar-refractivity contribution in [1.82, 2.24) is 10.6 Å². The summed E-state index contributed by atoms with van der Waals surface area (Å²) in [6.07, 6.45) is -7.48. The Balaban J connectivity index is 2.24. The number of amides is 1. The molecule has 0 aromatic carbocycles. The molecule has 0 bridgehead atoms. The summed E-state index contributed by atoms with van der Waals surface area (Å²) in [4.78, 5) is 22.7. The number of hydrogen-bond acceptors (Lipinski definition) is 11. The molecule has 2 fully saturated rings. The van der Waals surface area contributed by atoms with Gasteiger partial charge < -0.3 is 35.2 Å². The number of carbonyl (C=O) groups is 2. The lowest BCUT2D eigenvalue weighted by atomic mass is 9.96. The van der Waals surface area contributed by atoms with E-state index in [9.17, 15) is 33.3 Å². The molecule has 0 spiro atoms. The Morgan fingerprint density at radius 1 is 1.28 bits per heavy atom. The molecule has 0 aromatic heterocycles. The van der Waals surface area contributed by atoms with Gasteiger partial charge in [0, 0.05) is 13.3 Å². The molecular weight excluding hydrogens is 420 g/mol. The van der Waals surface area contributed by atoms with E-state index in [1.807, 2.05) is 0 Å². The van der Waals surface area contributed by atoms with Crippen LogP contribution in [0.15, 0.2) is 0 Å².